The van der Waals surface area contributed by atoms with Crippen molar-refractivity contribution in [1.29, 1.82) is 0 Å². The second-order valence-corrected chi connectivity index (χ2v) is 4.66. The Balaban J connectivity index is 1.99. The number of para-hydroxylation sites is 1. The minimum absolute atomic E-state index is 0.343. The molecule has 0 aliphatic carbocycles. The number of carbonyl (C=O) groups is 2. The van der Waals surface area contributed by atoms with Gasteiger partial charge >= 0.3 is 5.97 Å². The van der Waals surface area contributed by atoms with Crippen LogP contribution in [-0.4, -0.2) is 25.0 Å². The van der Waals surface area contributed by atoms with Gasteiger partial charge in [0.25, 0.3) is 5.91 Å². The first-order valence-corrected chi connectivity index (χ1v) is 6.82. The quantitative estimate of drug-likeness (QED) is 0.862. The van der Waals surface area contributed by atoms with E-state index in [-0.39, 0.29) is 5.91 Å². The molecule has 1 amide bonds. The summed E-state index contributed by atoms with van der Waals surface area (Å²) in [6.07, 6.45) is 0. The molecule has 5 nitrogen and oxygen atoms in total. The van der Waals surface area contributed by atoms with Crippen LogP contribution in [0.2, 0.25) is 0 Å². The summed E-state index contributed by atoms with van der Waals surface area (Å²) in [5, 5.41) is 2.56. The number of amides is 1. The molecule has 0 spiro atoms. The van der Waals surface area contributed by atoms with Crippen LogP contribution in [0.3, 0.4) is 0 Å². The second kappa shape index (κ2) is 7.26. The van der Waals surface area contributed by atoms with Crippen LogP contribution in [0.5, 0.6) is 11.5 Å². The van der Waals surface area contributed by atoms with Gasteiger partial charge in [-0.25, -0.2) is 4.79 Å². The van der Waals surface area contributed by atoms with Gasteiger partial charge in [-0.1, -0.05) is 18.2 Å². The Hall–Kier alpha value is -2.82. The lowest BCUT2D eigenvalue weighted by Gasteiger charge is -2.12. The van der Waals surface area contributed by atoms with Gasteiger partial charge in [-0.2, -0.15) is 0 Å². The Morgan fingerprint density at radius 2 is 1.55 bits per heavy atom. The van der Waals surface area contributed by atoms with Crippen LogP contribution >= 0.6 is 0 Å². The summed E-state index contributed by atoms with van der Waals surface area (Å²) in [5.41, 5.74) is 0.441. The molecule has 0 fully saturated rings. The van der Waals surface area contributed by atoms with Crippen LogP contribution in [0, 0.1) is 0 Å². The third kappa shape index (κ3) is 4.09. The third-order valence-electron chi connectivity index (χ3n) is 3.00. The van der Waals surface area contributed by atoms with Gasteiger partial charge in [0.15, 0.2) is 0 Å². The van der Waals surface area contributed by atoms with Crippen LogP contribution in [0.4, 0.5) is 0 Å². The molecule has 2 aromatic carbocycles. The summed E-state index contributed by atoms with van der Waals surface area (Å²) in [6.45, 7) is 1.57. The summed E-state index contributed by atoms with van der Waals surface area (Å²) < 4.78 is 10.2. The molecule has 1 atom stereocenters. The van der Waals surface area contributed by atoms with E-state index in [0.717, 1.165) is 5.75 Å². The molecule has 0 bridgehead atoms. The molecule has 1 unspecified atom stereocenters. The van der Waals surface area contributed by atoms with Crippen LogP contribution in [0.15, 0.2) is 54.6 Å². The summed E-state index contributed by atoms with van der Waals surface area (Å²) in [7, 11) is 1.28. The van der Waals surface area contributed by atoms with E-state index in [1.54, 1.807) is 31.2 Å². The van der Waals surface area contributed by atoms with Crippen LogP contribution in [0.25, 0.3) is 0 Å². The summed E-state index contributed by atoms with van der Waals surface area (Å²) >= 11 is 0. The Kier molecular flexibility index (Phi) is 5.14. The number of nitrogens with one attached hydrogen (secondary N) is 1. The topological polar surface area (TPSA) is 64.6 Å². The van der Waals surface area contributed by atoms with Crippen molar-refractivity contribution >= 4 is 11.9 Å². The lowest BCUT2D eigenvalue weighted by Crippen LogP contribution is -2.39. The van der Waals surface area contributed by atoms with Gasteiger partial charge in [-0.3, -0.25) is 4.79 Å². The Morgan fingerprint density at radius 1 is 0.955 bits per heavy atom. The standard InChI is InChI=1S/C17H17NO4/c1-12(17(20)21-2)18-16(19)13-8-10-15(11-9-13)22-14-6-4-3-5-7-14/h3-12H,1-2H3,(H,18,19). The Morgan fingerprint density at radius 3 is 2.14 bits per heavy atom. The van der Waals surface area contributed by atoms with Gasteiger partial charge in [-0.05, 0) is 43.3 Å². The molecular weight excluding hydrogens is 282 g/mol. The number of hydrogen-bond donors (Lipinski definition) is 1. The average Bonchev–Trinajstić information content (AvgIpc) is 2.55. The zero-order valence-corrected chi connectivity index (χ0v) is 12.4. The zero-order valence-electron chi connectivity index (χ0n) is 12.4. The average molecular weight is 299 g/mol. The fourth-order valence-electron chi connectivity index (χ4n) is 1.81. The number of benzene rings is 2. The van der Waals surface area contributed by atoms with Crippen LogP contribution in [-0.2, 0) is 9.53 Å². The smallest absolute Gasteiger partial charge is 0.328 e. The Bertz CT molecular complexity index is 637. The van der Waals surface area contributed by atoms with E-state index in [4.69, 9.17) is 4.74 Å². The van der Waals surface area contributed by atoms with E-state index < -0.39 is 12.0 Å². The molecule has 5 heteroatoms. The van der Waals surface area contributed by atoms with Gasteiger partial charge in [0, 0.05) is 5.56 Å². The van der Waals surface area contributed by atoms with E-state index in [9.17, 15) is 9.59 Å². The molecule has 2 rings (SSSR count). The Labute approximate surface area is 128 Å². The fraction of sp³-hybridized carbons (Fsp3) is 0.176. The van der Waals surface area contributed by atoms with Gasteiger partial charge in [0.2, 0.25) is 0 Å². The first-order valence-electron chi connectivity index (χ1n) is 6.82. The molecule has 0 heterocycles. The highest BCUT2D eigenvalue weighted by Crippen LogP contribution is 2.21. The number of rotatable bonds is 5. The monoisotopic (exact) mass is 299 g/mol. The number of esters is 1. The van der Waals surface area contributed by atoms with E-state index in [0.29, 0.717) is 11.3 Å². The van der Waals surface area contributed by atoms with Crippen molar-refractivity contribution in [3.05, 3.63) is 60.2 Å². The summed E-state index contributed by atoms with van der Waals surface area (Å²) in [4.78, 5) is 23.3. The second-order valence-electron chi connectivity index (χ2n) is 4.66. The molecule has 2 aromatic rings. The molecule has 0 aliphatic rings. The molecule has 22 heavy (non-hydrogen) atoms. The van der Waals surface area contributed by atoms with Crippen molar-refractivity contribution in [2.75, 3.05) is 7.11 Å². The minimum Gasteiger partial charge on any atom is -0.467 e. The van der Waals surface area contributed by atoms with Gasteiger partial charge in [0.05, 0.1) is 7.11 Å². The largest absolute Gasteiger partial charge is 0.467 e. The van der Waals surface area contributed by atoms with Crippen molar-refractivity contribution in [3.8, 4) is 11.5 Å². The number of carbonyl (C=O) groups excluding carboxylic acids is 2. The fourth-order valence-corrected chi connectivity index (χ4v) is 1.81. The maximum Gasteiger partial charge on any atom is 0.328 e. The van der Waals surface area contributed by atoms with E-state index >= 15 is 0 Å². The number of ether oxygens (including phenoxy) is 2. The third-order valence-corrected chi connectivity index (χ3v) is 3.00. The number of methoxy groups -OCH3 is 1. The molecule has 114 valence electrons. The highest BCUT2D eigenvalue weighted by Gasteiger charge is 2.16. The highest BCUT2D eigenvalue weighted by atomic mass is 16.5. The molecule has 0 saturated heterocycles. The van der Waals surface area contributed by atoms with Gasteiger partial charge in [-0.15, -0.1) is 0 Å². The lowest BCUT2D eigenvalue weighted by atomic mass is 10.2. The lowest BCUT2D eigenvalue weighted by molar-refractivity contribution is -0.142. The SMILES string of the molecule is COC(=O)C(C)NC(=O)c1ccc(Oc2ccccc2)cc1. The minimum atomic E-state index is -0.697. The summed E-state index contributed by atoms with van der Waals surface area (Å²) in [6, 6.07) is 15.3. The molecule has 0 radical (unpaired) electrons. The van der Waals surface area contributed by atoms with E-state index in [2.05, 4.69) is 10.1 Å². The normalized spacial score (nSPS) is 11.4. The summed E-state index contributed by atoms with van der Waals surface area (Å²) in [5.74, 6) is 0.518. The molecule has 0 aromatic heterocycles. The predicted molar refractivity (Wildman–Crippen MR) is 81.9 cm³/mol. The van der Waals surface area contributed by atoms with Crippen LogP contribution in [0.1, 0.15) is 17.3 Å². The van der Waals surface area contributed by atoms with Crippen molar-refractivity contribution in [2.24, 2.45) is 0 Å². The molecular formula is C17H17NO4. The number of hydrogen-bond acceptors (Lipinski definition) is 4. The first-order chi connectivity index (χ1) is 10.6. The van der Waals surface area contributed by atoms with E-state index in [1.807, 2.05) is 30.3 Å². The molecule has 0 saturated carbocycles. The zero-order chi connectivity index (χ0) is 15.9. The predicted octanol–water partition coefficient (Wildman–Crippen LogP) is 2.77. The van der Waals surface area contributed by atoms with Crippen molar-refractivity contribution in [3.63, 3.8) is 0 Å². The van der Waals surface area contributed by atoms with Crippen LogP contribution < -0.4 is 10.1 Å². The molecule has 0 aliphatic heterocycles. The van der Waals surface area contributed by atoms with E-state index in [1.165, 1.54) is 7.11 Å². The maximum atomic E-state index is 12.0. The van der Waals surface area contributed by atoms with Gasteiger partial charge in [0.1, 0.15) is 17.5 Å². The maximum absolute atomic E-state index is 12.0. The van der Waals surface area contributed by atoms with Gasteiger partial charge < -0.3 is 14.8 Å². The van der Waals surface area contributed by atoms with Crippen molar-refractivity contribution in [1.82, 2.24) is 5.32 Å². The van der Waals surface area contributed by atoms with Crippen molar-refractivity contribution in [2.45, 2.75) is 13.0 Å². The first kappa shape index (κ1) is 15.6. The van der Waals surface area contributed by atoms with Crippen molar-refractivity contribution < 1.29 is 19.1 Å². The highest BCUT2D eigenvalue weighted by molar-refractivity contribution is 5.96. The molecule has 1 N–H and O–H groups in total.